The predicted molar refractivity (Wildman–Crippen MR) is 52.9 cm³/mol. The normalized spacial score (nSPS) is 28.1. The fraction of sp³-hybridized carbons (Fsp3) is 0.900. The summed E-state index contributed by atoms with van der Waals surface area (Å²) in [6.45, 7) is 4.16. The van der Waals surface area contributed by atoms with Crippen LogP contribution in [0, 0.1) is 11.8 Å². The Morgan fingerprint density at radius 3 is 2.93 bits per heavy atom. The molecule has 1 atom stereocenters. The molecule has 2 aliphatic rings. The first-order valence-corrected chi connectivity index (χ1v) is 5.42. The molecule has 2 saturated heterocycles. The van der Waals surface area contributed by atoms with Gasteiger partial charge in [0.05, 0.1) is 12.5 Å². The van der Waals surface area contributed by atoms with Gasteiger partial charge >= 0.3 is 0 Å². The van der Waals surface area contributed by atoms with E-state index in [1.165, 1.54) is 6.42 Å². The molecule has 1 unspecified atom stereocenters. The van der Waals surface area contributed by atoms with Crippen LogP contribution >= 0.6 is 0 Å². The molecule has 4 nitrogen and oxygen atoms in total. The van der Waals surface area contributed by atoms with E-state index in [4.69, 9.17) is 4.74 Å². The zero-order chi connectivity index (χ0) is 9.80. The van der Waals surface area contributed by atoms with Gasteiger partial charge in [-0.1, -0.05) is 0 Å². The molecule has 80 valence electrons. The molecule has 2 aliphatic heterocycles. The molecule has 2 fully saturated rings. The fourth-order valence-corrected chi connectivity index (χ4v) is 1.83. The Kier molecular flexibility index (Phi) is 3.37. The number of nitrogens with one attached hydrogen (secondary N) is 2. The topological polar surface area (TPSA) is 50.4 Å². The minimum absolute atomic E-state index is 0.203. The number of carbonyl (C=O) groups is 1. The Hall–Kier alpha value is -0.610. The van der Waals surface area contributed by atoms with Crippen LogP contribution in [0.3, 0.4) is 0 Å². The Morgan fingerprint density at radius 1 is 1.50 bits per heavy atom. The lowest BCUT2D eigenvalue weighted by Gasteiger charge is -2.28. The number of hydrogen-bond donors (Lipinski definition) is 2. The second kappa shape index (κ2) is 4.75. The van der Waals surface area contributed by atoms with E-state index >= 15 is 0 Å². The van der Waals surface area contributed by atoms with E-state index < -0.39 is 0 Å². The maximum Gasteiger partial charge on any atom is 0.225 e. The smallest absolute Gasteiger partial charge is 0.225 e. The summed E-state index contributed by atoms with van der Waals surface area (Å²) >= 11 is 0. The van der Waals surface area contributed by atoms with Gasteiger partial charge in [0.15, 0.2) is 0 Å². The zero-order valence-corrected chi connectivity index (χ0v) is 8.42. The van der Waals surface area contributed by atoms with Crippen LogP contribution in [0.15, 0.2) is 0 Å². The van der Waals surface area contributed by atoms with Gasteiger partial charge in [-0.3, -0.25) is 4.79 Å². The Morgan fingerprint density at radius 2 is 2.36 bits per heavy atom. The van der Waals surface area contributed by atoms with Gasteiger partial charge in [0.2, 0.25) is 5.91 Å². The van der Waals surface area contributed by atoms with Crippen molar-refractivity contribution in [2.75, 3.05) is 32.8 Å². The number of carbonyl (C=O) groups excluding carboxylic acids is 1. The van der Waals surface area contributed by atoms with Crippen molar-refractivity contribution in [3.8, 4) is 0 Å². The lowest BCUT2D eigenvalue weighted by atomic mass is 10.00. The Balaban J connectivity index is 1.62. The minimum Gasteiger partial charge on any atom is -0.381 e. The molecule has 0 radical (unpaired) electrons. The van der Waals surface area contributed by atoms with Crippen LogP contribution < -0.4 is 10.6 Å². The second-order valence-electron chi connectivity index (χ2n) is 4.18. The first-order chi connectivity index (χ1) is 6.86. The summed E-state index contributed by atoms with van der Waals surface area (Å²) in [5.74, 6) is 0.939. The zero-order valence-electron chi connectivity index (χ0n) is 8.42. The molecule has 0 aromatic heterocycles. The van der Waals surface area contributed by atoms with Crippen LogP contribution in [0.2, 0.25) is 0 Å². The summed E-state index contributed by atoms with van der Waals surface area (Å²) in [5.41, 5.74) is 0. The van der Waals surface area contributed by atoms with Crippen molar-refractivity contribution in [2.24, 2.45) is 11.8 Å². The van der Waals surface area contributed by atoms with E-state index in [2.05, 4.69) is 10.6 Å². The highest BCUT2D eigenvalue weighted by molar-refractivity contribution is 5.79. The van der Waals surface area contributed by atoms with Gasteiger partial charge in [0.1, 0.15) is 0 Å². The summed E-state index contributed by atoms with van der Waals surface area (Å²) in [7, 11) is 0. The molecular weight excluding hydrogens is 180 g/mol. The summed E-state index contributed by atoms with van der Waals surface area (Å²) in [5, 5.41) is 6.09. The van der Waals surface area contributed by atoms with Gasteiger partial charge in [-0.15, -0.1) is 0 Å². The van der Waals surface area contributed by atoms with E-state index in [0.29, 0.717) is 5.92 Å². The monoisotopic (exact) mass is 198 g/mol. The number of hydrogen-bond acceptors (Lipinski definition) is 3. The highest BCUT2D eigenvalue weighted by atomic mass is 16.5. The van der Waals surface area contributed by atoms with Gasteiger partial charge in [0, 0.05) is 26.2 Å². The summed E-state index contributed by atoms with van der Waals surface area (Å²) in [6, 6.07) is 0. The van der Waals surface area contributed by atoms with E-state index in [1.807, 2.05) is 0 Å². The standard InChI is InChI=1S/C10H18N2O2/c13-10(9-5-11-6-9)12-4-8-2-1-3-14-7-8/h8-9,11H,1-7H2,(H,12,13). The van der Waals surface area contributed by atoms with Gasteiger partial charge in [-0.2, -0.15) is 0 Å². The predicted octanol–water partition coefficient (Wildman–Crippen LogP) is -0.251. The van der Waals surface area contributed by atoms with Gasteiger partial charge in [-0.25, -0.2) is 0 Å². The lowest BCUT2D eigenvalue weighted by molar-refractivity contribution is -0.126. The van der Waals surface area contributed by atoms with E-state index in [9.17, 15) is 4.79 Å². The molecule has 0 aromatic rings. The van der Waals surface area contributed by atoms with Crippen LogP contribution in [0.5, 0.6) is 0 Å². The van der Waals surface area contributed by atoms with Gasteiger partial charge in [-0.05, 0) is 18.8 Å². The Labute approximate surface area is 84.4 Å². The van der Waals surface area contributed by atoms with Crippen molar-refractivity contribution in [3.05, 3.63) is 0 Å². The SMILES string of the molecule is O=C(NCC1CCCOC1)C1CNC1. The number of amides is 1. The van der Waals surface area contributed by atoms with E-state index in [-0.39, 0.29) is 11.8 Å². The highest BCUT2D eigenvalue weighted by Crippen LogP contribution is 2.12. The first kappa shape index (κ1) is 9.93. The van der Waals surface area contributed by atoms with Crippen molar-refractivity contribution < 1.29 is 9.53 Å². The molecule has 0 bridgehead atoms. The molecule has 2 N–H and O–H groups in total. The summed E-state index contributed by atoms with van der Waals surface area (Å²) < 4.78 is 5.35. The van der Waals surface area contributed by atoms with Crippen LogP contribution in [0.25, 0.3) is 0 Å². The van der Waals surface area contributed by atoms with Crippen molar-refractivity contribution in [2.45, 2.75) is 12.8 Å². The van der Waals surface area contributed by atoms with E-state index in [0.717, 1.165) is 39.3 Å². The molecule has 14 heavy (non-hydrogen) atoms. The molecular formula is C10H18N2O2. The number of ether oxygens (including phenoxy) is 1. The summed E-state index contributed by atoms with van der Waals surface area (Å²) in [4.78, 5) is 11.5. The maximum absolute atomic E-state index is 11.5. The van der Waals surface area contributed by atoms with Crippen LogP contribution in [-0.4, -0.2) is 38.8 Å². The van der Waals surface area contributed by atoms with Crippen molar-refractivity contribution in [1.29, 1.82) is 0 Å². The summed E-state index contributed by atoms with van der Waals surface area (Å²) in [6.07, 6.45) is 2.31. The van der Waals surface area contributed by atoms with Crippen LogP contribution in [0.4, 0.5) is 0 Å². The fourth-order valence-electron chi connectivity index (χ4n) is 1.83. The van der Waals surface area contributed by atoms with Gasteiger partial charge in [0.25, 0.3) is 0 Å². The molecule has 2 rings (SSSR count). The van der Waals surface area contributed by atoms with Crippen molar-refractivity contribution in [3.63, 3.8) is 0 Å². The molecule has 2 heterocycles. The van der Waals surface area contributed by atoms with Gasteiger partial charge < -0.3 is 15.4 Å². The van der Waals surface area contributed by atoms with Crippen LogP contribution in [-0.2, 0) is 9.53 Å². The van der Waals surface area contributed by atoms with Crippen molar-refractivity contribution >= 4 is 5.91 Å². The lowest BCUT2D eigenvalue weighted by Crippen LogP contribution is -2.51. The minimum atomic E-state index is 0.203. The average molecular weight is 198 g/mol. The molecule has 0 saturated carbocycles. The second-order valence-corrected chi connectivity index (χ2v) is 4.18. The maximum atomic E-state index is 11.5. The molecule has 0 aliphatic carbocycles. The quantitative estimate of drug-likeness (QED) is 0.657. The highest BCUT2D eigenvalue weighted by Gasteiger charge is 2.25. The number of rotatable bonds is 3. The van der Waals surface area contributed by atoms with Crippen molar-refractivity contribution in [1.82, 2.24) is 10.6 Å². The third kappa shape index (κ3) is 2.45. The first-order valence-electron chi connectivity index (χ1n) is 5.42. The van der Waals surface area contributed by atoms with Crippen LogP contribution in [0.1, 0.15) is 12.8 Å². The Bertz CT molecular complexity index is 198. The third-order valence-corrected chi connectivity index (χ3v) is 2.97. The average Bonchev–Trinajstić information content (AvgIpc) is 2.14. The largest absolute Gasteiger partial charge is 0.381 e. The third-order valence-electron chi connectivity index (χ3n) is 2.97. The molecule has 0 spiro atoms. The van der Waals surface area contributed by atoms with E-state index in [1.54, 1.807) is 0 Å². The molecule has 4 heteroatoms. The molecule has 1 amide bonds. The molecule has 0 aromatic carbocycles.